The van der Waals surface area contributed by atoms with Crippen LogP contribution < -0.4 is 10.6 Å². The van der Waals surface area contributed by atoms with Crippen LogP contribution in [0.2, 0.25) is 0 Å². The predicted molar refractivity (Wildman–Crippen MR) is 84.7 cm³/mol. The average Bonchev–Trinajstić information content (AvgIpc) is 2.45. The number of alkyl carbamates (subject to hydrolysis) is 2. The topological polar surface area (TPSA) is 76.7 Å². The molecule has 0 bridgehead atoms. The van der Waals surface area contributed by atoms with Crippen molar-refractivity contribution in [3.8, 4) is 0 Å². The first kappa shape index (κ1) is 18.6. The van der Waals surface area contributed by atoms with Crippen molar-refractivity contribution < 1.29 is 19.1 Å². The molecular formula is C16H30N2O4. The van der Waals surface area contributed by atoms with Crippen molar-refractivity contribution in [3.05, 3.63) is 0 Å². The lowest BCUT2D eigenvalue weighted by Crippen LogP contribution is -2.53. The SMILES string of the molecule is CC(C)COC(=O)NC1CCCCC1NC(=O)OCC(C)C. The van der Waals surface area contributed by atoms with E-state index in [-0.39, 0.29) is 12.1 Å². The molecule has 1 saturated carbocycles. The lowest BCUT2D eigenvalue weighted by Gasteiger charge is -2.32. The first-order valence-corrected chi connectivity index (χ1v) is 8.25. The van der Waals surface area contributed by atoms with Crippen molar-refractivity contribution in [2.75, 3.05) is 13.2 Å². The summed E-state index contributed by atoms with van der Waals surface area (Å²) in [4.78, 5) is 23.6. The highest BCUT2D eigenvalue weighted by molar-refractivity contribution is 5.69. The fourth-order valence-corrected chi connectivity index (χ4v) is 2.35. The fourth-order valence-electron chi connectivity index (χ4n) is 2.35. The molecule has 1 aliphatic rings. The second kappa shape index (κ2) is 9.54. The summed E-state index contributed by atoms with van der Waals surface area (Å²) in [7, 11) is 0. The van der Waals surface area contributed by atoms with Gasteiger partial charge in [-0.25, -0.2) is 9.59 Å². The number of ether oxygens (including phenoxy) is 2. The highest BCUT2D eigenvalue weighted by atomic mass is 16.6. The van der Waals surface area contributed by atoms with Crippen LogP contribution in [0.15, 0.2) is 0 Å². The fraction of sp³-hybridized carbons (Fsp3) is 0.875. The molecule has 1 fully saturated rings. The molecule has 6 nitrogen and oxygen atoms in total. The Morgan fingerprint density at radius 2 is 1.23 bits per heavy atom. The van der Waals surface area contributed by atoms with E-state index in [1.54, 1.807) is 0 Å². The van der Waals surface area contributed by atoms with Gasteiger partial charge in [0.2, 0.25) is 0 Å². The lowest BCUT2D eigenvalue weighted by molar-refractivity contribution is 0.113. The highest BCUT2D eigenvalue weighted by Crippen LogP contribution is 2.19. The first-order chi connectivity index (χ1) is 10.4. The van der Waals surface area contributed by atoms with Crippen molar-refractivity contribution in [1.29, 1.82) is 0 Å². The van der Waals surface area contributed by atoms with Gasteiger partial charge in [0.05, 0.1) is 25.3 Å². The van der Waals surface area contributed by atoms with E-state index in [1.165, 1.54) is 0 Å². The summed E-state index contributed by atoms with van der Waals surface area (Å²) in [5.41, 5.74) is 0. The van der Waals surface area contributed by atoms with E-state index < -0.39 is 12.2 Å². The zero-order valence-electron chi connectivity index (χ0n) is 14.2. The second-order valence-corrected chi connectivity index (χ2v) is 6.77. The third kappa shape index (κ3) is 7.52. The standard InChI is InChI=1S/C16H30N2O4/c1-11(2)9-21-15(19)17-13-7-5-6-8-14(13)18-16(20)22-10-12(3)4/h11-14H,5-10H2,1-4H3,(H,17,19)(H,18,20). The van der Waals surface area contributed by atoms with Gasteiger partial charge in [-0.2, -0.15) is 0 Å². The Morgan fingerprint density at radius 1 is 0.864 bits per heavy atom. The van der Waals surface area contributed by atoms with E-state index >= 15 is 0 Å². The molecule has 0 aromatic rings. The maximum Gasteiger partial charge on any atom is 0.407 e. The largest absolute Gasteiger partial charge is 0.449 e. The molecule has 22 heavy (non-hydrogen) atoms. The average molecular weight is 314 g/mol. The van der Waals surface area contributed by atoms with Gasteiger partial charge in [0, 0.05) is 0 Å². The van der Waals surface area contributed by atoms with Gasteiger partial charge in [-0.15, -0.1) is 0 Å². The molecule has 2 amide bonds. The van der Waals surface area contributed by atoms with E-state index in [1.807, 2.05) is 27.7 Å². The zero-order valence-corrected chi connectivity index (χ0v) is 14.2. The predicted octanol–water partition coefficient (Wildman–Crippen LogP) is 3.06. The molecule has 0 aromatic heterocycles. The van der Waals surface area contributed by atoms with Gasteiger partial charge < -0.3 is 20.1 Å². The Kier molecular flexibility index (Phi) is 8.06. The van der Waals surface area contributed by atoms with E-state index in [0.29, 0.717) is 25.0 Å². The number of hydrogen-bond donors (Lipinski definition) is 2. The Morgan fingerprint density at radius 3 is 1.55 bits per heavy atom. The van der Waals surface area contributed by atoms with Crippen LogP contribution in [0.4, 0.5) is 9.59 Å². The van der Waals surface area contributed by atoms with Crippen molar-refractivity contribution in [3.63, 3.8) is 0 Å². The number of amides is 2. The Labute approximate surface area is 133 Å². The van der Waals surface area contributed by atoms with Gasteiger partial charge >= 0.3 is 12.2 Å². The summed E-state index contributed by atoms with van der Waals surface area (Å²) in [6.45, 7) is 8.75. The van der Waals surface area contributed by atoms with Gasteiger partial charge in [-0.3, -0.25) is 0 Å². The van der Waals surface area contributed by atoms with Crippen LogP contribution in [-0.2, 0) is 9.47 Å². The minimum atomic E-state index is -0.414. The molecule has 128 valence electrons. The quantitative estimate of drug-likeness (QED) is 0.790. The van der Waals surface area contributed by atoms with Crippen LogP contribution >= 0.6 is 0 Å². The Balaban J connectivity index is 2.42. The van der Waals surface area contributed by atoms with Crippen molar-refractivity contribution in [2.45, 2.75) is 65.5 Å². The van der Waals surface area contributed by atoms with Crippen molar-refractivity contribution in [2.24, 2.45) is 11.8 Å². The molecule has 0 heterocycles. The molecule has 0 spiro atoms. The van der Waals surface area contributed by atoms with Crippen LogP contribution in [0.25, 0.3) is 0 Å². The lowest BCUT2D eigenvalue weighted by atomic mass is 9.90. The first-order valence-electron chi connectivity index (χ1n) is 8.25. The van der Waals surface area contributed by atoms with Gasteiger partial charge in [-0.1, -0.05) is 40.5 Å². The normalized spacial score (nSPS) is 21.5. The molecule has 0 aliphatic heterocycles. The van der Waals surface area contributed by atoms with E-state index in [0.717, 1.165) is 25.7 Å². The summed E-state index contributed by atoms with van der Waals surface area (Å²) in [5, 5.41) is 5.73. The summed E-state index contributed by atoms with van der Waals surface area (Å²) >= 11 is 0. The highest BCUT2D eigenvalue weighted by Gasteiger charge is 2.28. The van der Waals surface area contributed by atoms with Crippen LogP contribution in [-0.4, -0.2) is 37.5 Å². The second-order valence-electron chi connectivity index (χ2n) is 6.77. The van der Waals surface area contributed by atoms with Crippen molar-refractivity contribution in [1.82, 2.24) is 10.6 Å². The Bertz CT molecular complexity index is 324. The van der Waals surface area contributed by atoms with Crippen LogP contribution in [0.1, 0.15) is 53.4 Å². The molecule has 0 aromatic carbocycles. The van der Waals surface area contributed by atoms with E-state index in [9.17, 15) is 9.59 Å². The zero-order chi connectivity index (χ0) is 16.5. The summed E-state index contributed by atoms with van der Waals surface area (Å²) in [5.74, 6) is 0.606. The summed E-state index contributed by atoms with van der Waals surface area (Å²) in [6, 6.07) is -0.194. The molecule has 0 saturated heterocycles. The molecule has 1 aliphatic carbocycles. The third-order valence-corrected chi connectivity index (χ3v) is 3.47. The van der Waals surface area contributed by atoms with E-state index in [2.05, 4.69) is 10.6 Å². The van der Waals surface area contributed by atoms with Gasteiger partial charge in [0.1, 0.15) is 0 Å². The minimum absolute atomic E-state index is 0.0972. The van der Waals surface area contributed by atoms with E-state index in [4.69, 9.17) is 9.47 Å². The van der Waals surface area contributed by atoms with Gasteiger partial charge in [0.15, 0.2) is 0 Å². The van der Waals surface area contributed by atoms with Gasteiger partial charge in [0.25, 0.3) is 0 Å². The molecule has 2 unspecified atom stereocenters. The smallest absolute Gasteiger partial charge is 0.407 e. The molecule has 2 N–H and O–H groups in total. The van der Waals surface area contributed by atoms with Gasteiger partial charge in [-0.05, 0) is 24.7 Å². The number of carbonyl (C=O) groups is 2. The maximum absolute atomic E-state index is 11.8. The Hall–Kier alpha value is -1.46. The van der Waals surface area contributed by atoms with Crippen LogP contribution in [0.3, 0.4) is 0 Å². The molecular weight excluding hydrogens is 284 g/mol. The molecule has 1 rings (SSSR count). The van der Waals surface area contributed by atoms with Crippen LogP contribution in [0.5, 0.6) is 0 Å². The van der Waals surface area contributed by atoms with Crippen molar-refractivity contribution >= 4 is 12.2 Å². The summed E-state index contributed by atoms with van der Waals surface area (Å²) < 4.78 is 10.3. The molecule has 2 atom stereocenters. The number of carbonyl (C=O) groups excluding carboxylic acids is 2. The molecule has 6 heteroatoms. The monoisotopic (exact) mass is 314 g/mol. The molecule has 0 radical (unpaired) electrons. The summed E-state index contributed by atoms with van der Waals surface area (Å²) in [6.07, 6.45) is 2.92. The third-order valence-electron chi connectivity index (χ3n) is 3.47. The number of hydrogen-bond acceptors (Lipinski definition) is 4. The minimum Gasteiger partial charge on any atom is -0.449 e. The number of nitrogens with one attached hydrogen (secondary N) is 2. The number of rotatable bonds is 6. The maximum atomic E-state index is 11.8. The van der Waals surface area contributed by atoms with Crippen LogP contribution in [0, 0.1) is 11.8 Å².